The van der Waals surface area contributed by atoms with Gasteiger partial charge in [0.15, 0.2) is 0 Å². The van der Waals surface area contributed by atoms with Gasteiger partial charge in [-0.15, -0.1) is 0 Å². The van der Waals surface area contributed by atoms with Gasteiger partial charge in [0.2, 0.25) is 0 Å². The van der Waals surface area contributed by atoms with Gasteiger partial charge in [0.25, 0.3) is 0 Å². The van der Waals surface area contributed by atoms with E-state index in [9.17, 15) is 9.18 Å². The molecule has 4 nitrogen and oxygen atoms in total. The smallest absolute Gasteiger partial charge is 0.304 e. The number of aromatic amines is 1. The highest BCUT2D eigenvalue weighted by Gasteiger charge is 2.25. The highest BCUT2D eigenvalue weighted by atomic mass is 19.1. The molecule has 1 saturated heterocycles. The zero-order valence-corrected chi connectivity index (χ0v) is 11.1. The quantitative estimate of drug-likeness (QED) is 0.902. The van der Waals surface area contributed by atoms with Crippen molar-refractivity contribution in [1.82, 2.24) is 9.88 Å². The van der Waals surface area contributed by atoms with E-state index in [1.165, 1.54) is 17.7 Å². The molecule has 1 aromatic carbocycles. The van der Waals surface area contributed by atoms with Crippen LogP contribution < -0.4 is 0 Å². The van der Waals surface area contributed by atoms with Gasteiger partial charge in [0.1, 0.15) is 5.82 Å². The molecule has 0 amide bonds. The van der Waals surface area contributed by atoms with Gasteiger partial charge in [-0.05, 0) is 42.6 Å². The summed E-state index contributed by atoms with van der Waals surface area (Å²) < 4.78 is 13.2. The van der Waals surface area contributed by atoms with E-state index in [-0.39, 0.29) is 12.2 Å². The van der Waals surface area contributed by atoms with Gasteiger partial charge in [0.05, 0.1) is 6.42 Å². The zero-order valence-electron chi connectivity index (χ0n) is 11.1. The summed E-state index contributed by atoms with van der Waals surface area (Å²) in [5, 5.41) is 9.79. The van der Waals surface area contributed by atoms with Gasteiger partial charge in [-0.3, -0.25) is 4.79 Å². The summed E-state index contributed by atoms with van der Waals surface area (Å²) in [5.74, 6) is -0.598. The molecule has 1 atom stereocenters. The van der Waals surface area contributed by atoms with E-state index in [1.807, 2.05) is 12.3 Å². The molecule has 2 N–H and O–H groups in total. The van der Waals surface area contributed by atoms with Crippen molar-refractivity contribution in [3.8, 4) is 0 Å². The van der Waals surface area contributed by atoms with Crippen LogP contribution in [-0.2, 0) is 4.79 Å². The molecule has 0 saturated carbocycles. The van der Waals surface area contributed by atoms with Crippen molar-refractivity contribution in [2.24, 2.45) is 0 Å². The van der Waals surface area contributed by atoms with Crippen molar-refractivity contribution in [3.63, 3.8) is 0 Å². The summed E-state index contributed by atoms with van der Waals surface area (Å²) in [6.45, 7) is 2.40. The van der Waals surface area contributed by atoms with Crippen molar-refractivity contribution < 1.29 is 14.3 Å². The topological polar surface area (TPSA) is 56.3 Å². The van der Waals surface area contributed by atoms with E-state index in [1.54, 1.807) is 0 Å². The Morgan fingerprint density at radius 1 is 1.50 bits per heavy atom. The van der Waals surface area contributed by atoms with Crippen LogP contribution >= 0.6 is 0 Å². The average molecular weight is 276 g/mol. The second-order valence-electron chi connectivity index (χ2n) is 5.36. The van der Waals surface area contributed by atoms with Crippen molar-refractivity contribution in [2.45, 2.75) is 18.8 Å². The number of aliphatic carboxylic acids is 1. The summed E-state index contributed by atoms with van der Waals surface area (Å²) >= 11 is 0. The van der Waals surface area contributed by atoms with Crippen LogP contribution in [-0.4, -0.2) is 40.6 Å². The first-order valence-corrected chi connectivity index (χ1v) is 6.84. The molecular weight excluding hydrogens is 259 g/mol. The van der Waals surface area contributed by atoms with Gasteiger partial charge in [-0.1, -0.05) is 0 Å². The molecular formula is C15H17FN2O2. The molecule has 106 valence electrons. The van der Waals surface area contributed by atoms with E-state index in [0.29, 0.717) is 12.5 Å². The summed E-state index contributed by atoms with van der Waals surface area (Å²) in [5.41, 5.74) is 2.03. The number of halogens is 1. The monoisotopic (exact) mass is 276 g/mol. The van der Waals surface area contributed by atoms with Crippen molar-refractivity contribution in [2.75, 3.05) is 19.6 Å². The lowest BCUT2D eigenvalue weighted by Crippen LogP contribution is -2.23. The number of nitrogens with one attached hydrogen (secondary N) is 1. The number of carboxylic acid groups (broad SMARTS) is 1. The van der Waals surface area contributed by atoms with Gasteiger partial charge in [-0.25, -0.2) is 4.39 Å². The highest BCUT2D eigenvalue weighted by molar-refractivity contribution is 5.83. The molecule has 2 aromatic rings. The van der Waals surface area contributed by atoms with Gasteiger partial charge >= 0.3 is 5.97 Å². The number of likely N-dealkylation sites (tertiary alicyclic amines) is 1. The van der Waals surface area contributed by atoms with Crippen molar-refractivity contribution in [1.29, 1.82) is 0 Å². The van der Waals surface area contributed by atoms with Crippen molar-refractivity contribution >= 4 is 16.9 Å². The molecule has 1 fully saturated rings. The van der Waals surface area contributed by atoms with Gasteiger partial charge in [-0.2, -0.15) is 0 Å². The lowest BCUT2D eigenvalue weighted by Gasteiger charge is -2.14. The first-order chi connectivity index (χ1) is 9.63. The van der Waals surface area contributed by atoms with Crippen LogP contribution in [0.4, 0.5) is 4.39 Å². The van der Waals surface area contributed by atoms with Crippen LogP contribution in [0.15, 0.2) is 24.4 Å². The number of rotatable bonds is 4. The Hall–Kier alpha value is -1.88. The summed E-state index contributed by atoms with van der Waals surface area (Å²) in [6, 6.07) is 4.81. The van der Waals surface area contributed by atoms with E-state index in [0.717, 1.165) is 30.4 Å². The summed E-state index contributed by atoms with van der Waals surface area (Å²) in [4.78, 5) is 15.9. The average Bonchev–Trinajstić information content (AvgIpc) is 3.01. The minimum Gasteiger partial charge on any atom is -0.481 e. The Labute approximate surface area is 116 Å². The lowest BCUT2D eigenvalue weighted by atomic mass is 9.98. The van der Waals surface area contributed by atoms with E-state index in [4.69, 9.17) is 5.11 Å². The van der Waals surface area contributed by atoms with Crippen molar-refractivity contribution in [3.05, 3.63) is 35.8 Å². The van der Waals surface area contributed by atoms with E-state index in [2.05, 4.69) is 9.88 Å². The molecule has 3 rings (SSSR count). The number of carboxylic acids is 1. The maximum absolute atomic E-state index is 13.2. The second kappa shape index (κ2) is 5.25. The molecule has 1 aliphatic heterocycles. The molecule has 5 heteroatoms. The number of hydrogen-bond donors (Lipinski definition) is 2. The van der Waals surface area contributed by atoms with Crippen LogP contribution in [0.1, 0.15) is 24.3 Å². The van der Waals surface area contributed by atoms with E-state index < -0.39 is 5.97 Å². The predicted molar refractivity (Wildman–Crippen MR) is 74.3 cm³/mol. The van der Waals surface area contributed by atoms with Crippen LogP contribution in [0, 0.1) is 5.82 Å². The number of benzene rings is 1. The SMILES string of the molecule is O=C(O)CCN1CCC(c2c[nH]c3cc(F)ccc23)C1. The highest BCUT2D eigenvalue weighted by Crippen LogP contribution is 2.32. The number of nitrogens with zero attached hydrogens (tertiary/aromatic N) is 1. The van der Waals surface area contributed by atoms with Gasteiger partial charge < -0.3 is 15.0 Å². The summed E-state index contributed by atoms with van der Waals surface area (Å²) in [7, 11) is 0. The molecule has 0 spiro atoms. The molecule has 2 heterocycles. The molecule has 1 unspecified atom stereocenters. The molecule has 0 radical (unpaired) electrons. The Morgan fingerprint density at radius 3 is 3.15 bits per heavy atom. The van der Waals surface area contributed by atoms with Crippen LogP contribution in [0.25, 0.3) is 10.9 Å². The fraction of sp³-hybridized carbons (Fsp3) is 0.400. The minimum atomic E-state index is -0.754. The largest absolute Gasteiger partial charge is 0.481 e. The van der Waals surface area contributed by atoms with Crippen LogP contribution in [0.3, 0.4) is 0 Å². The number of aromatic nitrogens is 1. The fourth-order valence-corrected chi connectivity index (χ4v) is 3.00. The first kappa shape index (κ1) is 13.1. The third kappa shape index (κ3) is 2.54. The number of hydrogen-bond acceptors (Lipinski definition) is 2. The number of carbonyl (C=O) groups is 1. The number of fused-ring (bicyclic) bond motifs is 1. The molecule has 20 heavy (non-hydrogen) atoms. The third-order valence-corrected chi connectivity index (χ3v) is 4.03. The normalized spacial score (nSPS) is 19.8. The molecule has 0 bridgehead atoms. The Kier molecular flexibility index (Phi) is 3.44. The Balaban J connectivity index is 1.74. The predicted octanol–water partition coefficient (Wildman–Crippen LogP) is 2.57. The maximum atomic E-state index is 13.2. The fourth-order valence-electron chi connectivity index (χ4n) is 3.00. The lowest BCUT2D eigenvalue weighted by molar-refractivity contribution is -0.137. The molecule has 1 aromatic heterocycles. The van der Waals surface area contributed by atoms with Crippen LogP contribution in [0.5, 0.6) is 0 Å². The maximum Gasteiger partial charge on any atom is 0.304 e. The number of H-pyrrole nitrogens is 1. The van der Waals surface area contributed by atoms with Gasteiger partial charge in [0, 0.05) is 30.2 Å². The third-order valence-electron chi connectivity index (χ3n) is 4.03. The second-order valence-corrected chi connectivity index (χ2v) is 5.36. The standard InChI is InChI=1S/C15H17FN2O2/c16-11-1-2-12-13(8-17-14(12)7-11)10-3-5-18(9-10)6-4-15(19)20/h1-2,7-8,10,17H,3-6,9H2,(H,19,20). The zero-order chi connectivity index (χ0) is 14.1. The molecule has 0 aliphatic carbocycles. The minimum absolute atomic E-state index is 0.186. The Morgan fingerprint density at radius 2 is 2.35 bits per heavy atom. The Bertz CT molecular complexity index is 638. The first-order valence-electron chi connectivity index (χ1n) is 6.84. The molecule has 1 aliphatic rings. The summed E-state index contributed by atoms with van der Waals surface area (Å²) in [6.07, 6.45) is 3.16. The van der Waals surface area contributed by atoms with E-state index >= 15 is 0 Å². The van der Waals surface area contributed by atoms with Crippen LogP contribution in [0.2, 0.25) is 0 Å².